The van der Waals surface area contributed by atoms with E-state index in [1.165, 1.54) is 34.2 Å². The molecule has 2 heterocycles. The van der Waals surface area contributed by atoms with Crippen molar-refractivity contribution in [3.05, 3.63) is 133 Å². The summed E-state index contributed by atoms with van der Waals surface area (Å²) in [5.41, 5.74) is 6.70. The minimum atomic E-state index is -0.325. The summed E-state index contributed by atoms with van der Waals surface area (Å²) in [6, 6.07) is 40.4. The second-order valence-electron chi connectivity index (χ2n) is 9.92. The number of esters is 1. The number of fused-ring (bicyclic) bond motifs is 3. The molecular formula is C35H26N2O2. The monoisotopic (exact) mass is 506 g/mol. The van der Waals surface area contributed by atoms with E-state index in [1.807, 2.05) is 6.20 Å². The van der Waals surface area contributed by atoms with Crippen LogP contribution in [-0.4, -0.2) is 15.1 Å². The van der Waals surface area contributed by atoms with E-state index < -0.39 is 0 Å². The molecule has 0 atom stereocenters. The van der Waals surface area contributed by atoms with Gasteiger partial charge >= 0.3 is 5.97 Å². The van der Waals surface area contributed by atoms with Crippen molar-refractivity contribution in [2.24, 2.45) is 0 Å². The van der Waals surface area contributed by atoms with Gasteiger partial charge in [-0.05, 0) is 75.3 Å². The number of carbonyl (C=O) groups excluding carboxylic acids is 1. The van der Waals surface area contributed by atoms with Crippen molar-refractivity contribution >= 4 is 38.5 Å². The molecule has 0 aliphatic heterocycles. The van der Waals surface area contributed by atoms with Gasteiger partial charge in [0.2, 0.25) is 0 Å². The van der Waals surface area contributed by atoms with Gasteiger partial charge in [0.05, 0.1) is 11.0 Å². The summed E-state index contributed by atoms with van der Waals surface area (Å²) in [4.78, 5) is 11.9. The normalized spacial score (nSPS) is 11.4. The number of nitrogens with zero attached hydrogens (tertiary/aromatic N) is 2. The van der Waals surface area contributed by atoms with E-state index in [0.29, 0.717) is 12.3 Å². The predicted molar refractivity (Wildman–Crippen MR) is 159 cm³/mol. The third-order valence-corrected chi connectivity index (χ3v) is 7.34. The number of aromatic nitrogens is 2. The average molecular weight is 507 g/mol. The van der Waals surface area contributed by atoms with Gasteiger partial charge in [0.1, 0.15) is 0 Å². The van der Waals surface area contributed by atoms with Crippen LogP contribution < -0.4 is 4.74 Å². The zero-order chi connectivity index (χ0) is 26.3. The molecule has 2 aromatic heterocycles. The molecule has 0 radical (unpaired) electrons. The lowest BCUT2D eigenvalue weighted by molar-refractivity contribution is -0.131. The highest BCUT2D eigenvalue weighted by molar-refractivity contribution is 5.93. The largest absolute Gasteiger partial charge is 0.424 e. The van der Waals surface area contributed by atoms with Crippen LogP contribution in [0.4, 0.5) is 0 Å². The Morgan fingerprint density at radius 2 is 1.44 bits per heavy atom. The van der Waals surface area contributed by atoms with Crippen LogP contribution in [0, 0.1) is 0 Å². The maximum atomic E-state index is 11.9. The molecule has 0 spiro atoms. The molecule has 5 aromatic carbocycles. The SMILES string of the molecule is CC(=O)Oc1cn(Cc2ccc3ccccc3c2)c2ccc(-c3ccc(-n4ccc5ccccc54)cc3)cc12. The van der Waals surface area contributed by atoms with Gasteiger partial charge in [0, 0.05) is 36.9 Å². The fraction of sp³-hybridized carbons (Fsp3) is 0.0571. The summed E-state index contributed by atoms with van der Waals surface area (Å²) in [6.07, 6.45) is 4.04. The Hall–Kier alpha value is -5.09. The zero-order valence-electron chi connectivity index (χ0n) is 21.5. The van der Waals surface area contributed by atoms with Crippen molar-refractivity contribution in [1.29, 1.82) is 0 Å². The Morgan fingerprint density at radius 3 is 2.26 bits per heavy atom. The minimum Gasteiger partial charge on any atom is -0.424 e. The van der Waals surface area contributed by atoms with Crippen molar-refractivity contribution in [2.75, 3.05) is 0 Å². The molecular weight excluding hydrogens is 480 g/mol. The molecule has 4 heteroatoms. The lowest BCUT2D eigenvalue weighted by Crippen LogP contribution is -2.01. The standard InChI is InChI=1S/C35H26N2O2/c1-24(38)39-35-23-36(22-25-10-11-26-6-2-3-8-29(26)20-25)34-17-14-30(21-32(34)35)27-12-15-31(16-13-27)37-19-18-28-7-4-5-9-33(28)37/h2-21,23H,22H2,1H3. The van der Waals surface area contributed by atoms with E-state index in [4.69, 9.17) is 4.74 Å². The molecule has 0 aliphatic carbocycles. The third kappa shape index (κ3) is 4.26. The highest BCUT2D eigenvalue weighted by atomic mass is 16.5. The summed E-state index contributed by atoms with van der Waals surface area (Å²) in [7, 11) is 0. The summed E-state index contributed by atoms with van der Waals surface area (Å²) in [5, 5.41) is 4.58. The zero-order valence-corrected chi connectivity index (χ0v) is 21.5. The lowest BCUT2D eigenvalue weighted by atomic mass is 10.0. The van der Waals surface area contributed by atoms with Gasteiger partial charge < -0.3 is 13.9 Å². The van der Waals surface area contributed by atoms with E-state index in [-0.39, 0.29) is 5.97 Å². The maximum absolute atomic E-state index is 11.9. The number of carbonyl (C=O) groups is 1. The van der Waals surface area contributed by atoms with Gasteiger partial charge in [-0.2, -0.15) is 0 Å². The maximum Gasteiger partial charge on any atom is 0.308 e. The molecule has 0 bridgehead atoms. The molecule has 0 fully saturated rings. The van der Waals surface area contributed by atoms with Crippen molar-refractivity contribution < 1.29 is 9.53 Å². The molecule has 0 saturated heterocycles. The third-order valence-electron chi connectivity index (χ3n) is 7.34. The van der Waals surface area contributed by atoms with Crippen LogP contribution >= 0.6 is 0 Å². The molecule has 0 N–H and O–H groups in total. The number of benzene rings is 5. The Kier molecular flexibility index (Phi) is 5.52. The minimum absolute atomic E-state index is 0.325. The predicted octanol–water partition coefficient (Wildman–Crippen LogP) is 8.38. The van der Waals surface area contributed by atoms with E-state index in [0.717, 1.165) is 27.7 Å². The van der Waals surface area contributed by atoms with E-state index >= 15 is 0 Å². The first-order valence-corrected chi connectivity index (χ1v) is 13.1. The number of rotatable bonds is 5. The number of hydrogen-bond donors (Lipinski definition) is 0. The van der Waals surface area contributed by atoms with Crippen LogP contribution in [0.2, 0.25) is 0 Å². The highest BCUT2D eigenvalue weighted by Gasteiger charge is 2.14. The van der Waals surface area contributed by atoms with Crippen LogP contribution in [0.25, 0.3) is 49.4 Å². The van der Waals surface area contributed by atoms with Crippen LogP contribution in [0.3, 0.4) is 0 Å². The second kappa shape index (κ2) is 9.34. The summed E-state index contributed by atoms with van der Waals surface area (Å²) >= 11 is 0. The molecule has 39 heavy (non-hydrogen) atoms. The molecule has 0 aliphatic rings. The first kappa shape index (κ1) is 23.1. The van der Waals surface area contributed by atoms with E-state index in [1.54, 1.807) is 0 Å². The Bertz CT molecular complexity index is 1990. The van der Waals surface area contributed by atoms with E-state index in [2.05, 4.69) is 131 Å². The van der Waals surface area contributed by atoms with Crippen LogP contribution in [0.5, 0.6) is 5.75 Å². The van der Waals surface area contributed by atoms with Gasteiger partial charge in [-0.3, -0.25) is 4.79 Å². The number of ether oxygens (including phenoxy) is 1. The molecule has 0 saturated carbocycles. The van der Waals surface area contributed by atoms with Crippen LogP contribution in [-0.2, 0) is 11.3 Å². The van der Waals surface area contributed by atoms with E-state index in [9.17, 15) is 4.79 Å². The van der Waals surface area contributed by atoms with Gasteiger partial charge in [0.25, 0.3) is 0 Å². The second-order valence-corrected chi connectivity index (χ2v) is 9.92. The van der Waals surface area contributed by atoms with Gasteiger partial charge in [0.15, 0.2) is 5.75 Å². The van der Waals surface area contributed by atoms with Crippen LogP contribution in [0.1, 0.15) is 12.5 Å². The highest BCUT2D eigenvalue weighted by Crippen LogP contribution is 2.34. The summed E-state index contributed by atoms with van der Waals surface area (Å²) < 4.78 is 10.0. The van der Waals surface area contributed by atoms with Gasteiger partial charge in [-0.1, -0.05) is 72.8 Å². The first-order chi connectivity index (χ1) is 19.1. The summed E-state index contributed by atoms with van der Waals surface area (Å²) in [5.74, 6) is 0.254. The topological polar surface area (TPSA) is 36.2 Å². The van der Waals surface area contributed by atoms with Crippen molar-refractivity contribution in [3.8, 4) is 22.6 Å². The smallest absolute Gasteiger partial charge is 0.308 e. The Balaban J connectivity index is 1.25. The first-order valence-electron chi connectivity index (χ1n) is 13.1. The lowest BCUT2D eigenvalue weighted by Gasteiger charge is -2.09. The molecule has 0 amide bonds. The van der Waals surface area contributed by atoms with Crippen molar-refractivity contribution in [3.63, 3.8) is 0 Å². The van der Waals surface area contributed by atoms with Gasteiger partial charge in [-0.25, -0.2) is 0 Å². The quantitative estimate of drug-likeness (QED) is 0.220. The average Bonchev–Trinajstić information content (AvgIpc) is 3.54. The number of hydrogen-bond acceptors (Lipinski definition) is 2. The fourth-order valence-corrected chi connectivity index (χ4v) is 5.47. The molecule has 7 aromatic rings. The molecule has 188 valence electrons. The molecule has 7 rings (SSSR count). The molecule has 4 nitrogen and oxygen atoms in total. The van der Waals surface area contributed by atoms with Gasteiger partial charge in [-0.15, -0.1) is 0 Å². The molecule has 0 unspecified atom stereocenters. The Labute approximate surface area is 226 Å². The summed E-state index contributed by atoms with van der Waals surface area (Å²) in [6.45, 7) is 2.13. The van der Waals surface area contributed by atoms with Crippen molar-refractivity contribution in [2.45, 2.75) is 13.5 Å². The number of para-hydroxylation sites is 1. The van der Waals surface area contributed by atoms with Crippen LogP contribution in [0.15, 0.2) is 128 Å². The van der Waals surface area contributed by atoms with Crippen molar-refractivity contribution in [1.82, 2.24) is 9.13 Å². The Morgan fingerprint density at radius 1 is 0.692 bits per heavy atom. The fourth-order valence-electron chi connectivity index (χ4n) is 5.47.